The Morgan fingerprint density at radius 2 is 2.00 bits per heavy atom. The Bertz CT molecular complexity index is 648. The normalized spacial score (nSPS) is 26.0. The van der Waals surface area contributed by atoms with Crippen LogP contribution in [0.1, 0.15) is 38.4 Å². The zero-order chi connectivity index (χ0) is 15.0. The van der Waals surface area contributed by atoms with Crippen molar-refractivity contribution in [2.45, 2.75) is 38.1 Å². The molecule has 1 saturated carbocycles. The zero-order valence-corrected chi connectivity index (χ0v) is 11.8. The van der Waals surface area contributed by atoms with E-state index in [0.717, 1.165) is 31.7 Å². The predicted molar refractivity (Wildman–Crippen MR) is 73.1 cm³/mol. The topological polar surface area (TPSA) is 64.9 Å². The SMILES string of the molecule is CC1CCC(N)(c2noc(-c3cccc(F)c3F)n2)CC1. The smallest absolute Gasteiger partial charge is 0.261 e. The molecule has 2 N–H and O–H groups in total. The summed E-state index contributed by atoms with van der Waals surface area (Å²) in [7, 11) is 0. The molecule has 21 heavy (non-hydrogen) atoms. The first kappa shape index (κ1) is 14.1. The van der Waals surface area contributed by atoms with Crippen molar-refractivity contribution in [1.82, 2.24) is 10.1 Å². The summed E-state index contributed by atoms with van der Waals surface area (Å²) >= 11 is 0. The lowest BCUT2D eigenvalue weighted by atomic mass is 9.77. The fourth-order valence-corrected chi connectivity index (χ4v) is 2.70. The molecule has 0 radical (unpaired) electrons. The van der Waals surface area contributed by atoms with Crippen LogP contribution in [0.5, 0.6) is 0 Å². The lowest BCUT2D eigenvalue weighted by molar-refractivity contribution is 0.230. The molecule has 1 fully saturated rings. The first-order valence-electron chi connectivity index (χ1n) is 7.07. The summed E-state index contributed by atoms with van der Waals surface area (Å²) in [5, 5.41) is 3.88. The van der Waals surface area contributed by atoms with Crippen LogP contribution in [0.25, 0.3) is 11.5 Å². The first-order chi connectivity index (χ1) is 9.99. The second-order valence-corrected chi connectivity index (χ2v) is 5.86. The molecule has 6 heteroatoms. The molecular formula is C15H17F2N3O. The minimum Gasteiger partial charge on any atom is -0.334 e. The lowest BCUT2D eigenvalue weighted by Gasteiger charge is -2.33. The van der Waals surface area contributed by atoms with E-state index in [2.05, 4.69) is 17.1 Å². The van der Waals surface area contributed by atoms with Gasteiger partial charge in [0.25, 0.3) is 5.89 Å². The molecule has 1 aromatic carbocycles. The number of hydrogen-bond donors (Lipinski definition) is 1. The fourth-order valence-electron chi connectivity index (χ4n) is 2.70. The number of nitrogens with zero attached hydrogens (tertiary/aromatic N) is 2. The van der Waals surface area contributed by atoms with Crippen molar-refractivity contribution in [3.63, 3.8) is 0 Å². The predicted octanol–water partition coefficient (Wildman–Crippen LogP) is 3.38. The molecule has 3 rings (SSSR count). The van der Waals surface area contributed by atoms with Crippen molar-refractivity contribution in [2.75, 3.05) is 0 Å². The highest BCUT2D eigenvalue weighted by Crippen LogP contribution is 2.36. The third kappa shape index (κ3) is 2.55. The highest BCUT2D eigenvalue weighted by Gasteiger charge is 2.36. The van der Waals surface area contributed by atoms with Crippen molar-refractivity contribution in [1.29, 1.82) is 0 Å². The summed E-state index contributed by atoms with van der Waals surface area (Å²) in [5.74, 6) is -0.968. The molecule has 0 bridgehead atoms. The molecule has 1 aromatic heterocycles. The van der Waals surface area contributed by atoms with Crippen LogP contribution in [0.15, 0.2) is 22.7 Å². The maximum Gasteiger partial charge on any atom is 0.261 e. The van der Waals surface area contributed by atoms with Crippen LogP contribution < -0.4 is 5.73 Å². The summed E-state index contributed by atoms with van der Waals surface area (Å²) in [6, 6.07) is 3.85. The molecule has 0 amide bonds. The van der Waals surface area contributed by atoms with E-state index in [1.807, 2.05) is 0 Å². The molecule has 1 heterocycles. The van der Waals surface area contributed by atoms with E-state index >= 15 is 0 Å². The number of nitrogens with two attached hydrogens (primary N) is 1. The van der Waals surface area contributed by atoms with Crippen LogP contribution in [0, 0.1) is 17.6 Å². The lowest BCUT2D eigenvalue weighted by Crippen LogP contribution is -2.41. The van der Waals surface area contributed by atoms with E-state index in [1.54, 1.807) is 0 Å². The number of benzene rings is 1. The number of hydrogen-bond acceptors (Lipinski definition) is 4. The average molecular weight is 293 g/mol. The second kappa shape index (κ2) is 5.18. The summed E-state index contributed by atoms with van der Waals surface area (Å²) in [6.07, 6.45) is 3.51. The number of aromatic nitrogens is 2. The molecule has 0 unspecified atom stereocenters. The summed E-state index contributed by atoms with van der Waals surface area (Å²) in [6.45, 7) is 2.18. The number of rotatable bonds is 2. The highest BCUT2D eigenvalue weighted by molar-refractivity contribution is 5.53. The molecule has 0 aliphatic heterocycles. The Morgan fingerprint density at radius 1 is 1.29 bits per heavy atom. The molecule has 1 aliphatic carbocycles. The first-order valence-corrected chi connectivity index (χ1v) is 7.07. The Labute approximate surface area is 121 Å². The van der Waals surface area contributed by atoms with Crippen molar-refractivity contribution in [3.05, 3.63) is 35.7 Å². The summed E-state index contributed by atoms with van der Waals surface area (Å²) < 4.78 is 32.1. The van der Waals surface area contributed by atoms with Crippen molar-refractivity contribution < 1.29 is 13.3 Å². The number of halogens is 2. The molecule has 2 aromatic rings. The fraction of sp³-hybridized carbons (Fsp3) is 0.467. The van der Waals surface area contributed by atoms with Gasteiger partial charge in [-0.15, -0.1) is 0 Å². The van der Waals surface area contributed by atoms with Crippen LogP contribution in [-0.2, 0) is 5.54 Å². The molecule has 112 valence electrons. The maximum absolute atomic E-state index is 13.8. The molecule has 0 atom stereocenters. The van der Waals surface area contributed by atoms with Crippen molar-refractivity contribution >= 4 is 0 Å². The van der Waals surface area contributed by atoms with Gasteiger partial charge in [0.15, 0.2) is 17.5 Å². The molecule has 1 aliphatic rings. The maximum atomic E-state index is 13.8. The van der Waals surface area contributed by atoms with Gasteiger partial charge in [-0.3, -0.25) is 0 Å². The standard InChI is InChI=1S/C15H17F2N3O/c1-9-5-7-15(18,8-6-9)14-19-13(21-20-14)10-3-2-4-11(16)12(10)17/h2-4,9H,5-8,18H2,1H3. The summed E-state index contributed by atoms with van der Waals surface area (Å²) in [4.78, 5) is 4.19. The van der Waals surface area contributed by atoms with E-state index in [0.29, 0.717) is 11.7 Å². The Kier molecular flexibility index (Phi) is 3.49. The largest absolute Gasteiger partial charge is 0.334 e. The minimum absolute atomic E-state index is 0.0366. The van der Waals surface area contributed by atoms with Crippen LogP contribution in [-0.4, -0.2) is 10.1 Å². The van der Waals surface area contributed by atoms with Gasteiger partial charge in [-0.2, -0.15) is 4.98 Å². The van der Waals surface area contributed by atoms with Crippen molar-refractivity contribution in [2.24, 2.45) is 11.7 Å². The van der Waals surface area contributed by atoms with E-state index < -0.39 is 17.2 Å². The van der Waals surface area contributed by atoms with Crippen LogP contribution in [0.2, 0.25) is 0 Å². The van der Waals surface area contributed by atoms with Gasteiger partial charge in [-0.05, 0) is 43.7 Å². The Balaban J connectivity index is 1.92. The van der Waals surface area contributed by atoms with Gasteiger partial charge in [-0.1, -0.05) is 18.1 Å². The van der Waals surface area contributed by atoms with Crippen LogP contribution in [0.4, 0.5) is 8.78 Å². The van der Waals surface area contributed by atoms with Crippen LogP contribution >= 0.6 is 0 Å². The van der Waals surface area contributed by atoms with E-state index in [9.17, 15) is 8.78 Å². The van der Waals surface area contributed by atoms with Gasteiger partial charge in [-0.25, -0.2) is 8.78 Å². The zero-order valence-electron chi connectivity index (χ0n) is 11.8. The molecule has 0 spiro atoms. The van der Waals surface area contributed by atoms with E-state index in [4.69, 9.17) is 10.3 Å². The van der Waals surface area contributed by atoms with E-state index in [1.165, 1.54) is 12.1 Å². The van der Waals surface area contributed by atoms with Crippen molar-refractivity contribution in [3.8, 4) is 11.5 Å². The molecular weight excluding hydrogens is 276 g/mol. The third-order valence-electron chi connectivity index (χ3n) is 4.22. The van der Waals surface area contributed by atoms with Gasteiger partial charge in [0.2, 0.25) is 0 Å². The van der Waals surface area contributed by atoms with Crippen LogP contribution in [0.3, 0.4) is 0 Å². The Morgan fingerprint density at radius 3 is 2.71 bits per heavy atom. The molecule has 4 nitrogen and oxygen atoms in total. The highest BCUT2D eigenvalue weighted by atomic mass is 19.2. The van der Waals surface area contributed by atoms with Gasteiger partial charge in [0.1, 0.15) is 0 Å². The van der Waals surface area contributed by atoms with Gasteiger partial charge < -0.3 is 10.3 Å². The average Bonchev–Trinajstić information content (AvgIpc) is 2.96. The van der Waals surface area contributed by atoms with Gasteiger partial charge in [0, 0.05) is 0 Å². The summed E-state index contributed by atoms with van der Waals surface area (Å²) in [5.41, 5.74) is 5.67. The third-order valence-corrected chi connectivity index (χ3v) is 4.22. The van der Waals surface area contributed by atoms with Gasteiger partial charge in [0.05, 0.1) is 11.1 Å². The Hall–Kier alpha value is -1.82. The van der Waals surface area contributed by atoms with E-state index in [-0.39, 0.29) is 11.5 Å². The second-order valence-electron chi connectivity index (χ2n) is 5.86. The minimum atomic E-state index is -0.990. The van der Waals surface area contributed by atoms with Gasteiger partial charge >= 0.3 is 0 Å². The quantitative estimate of drug-likeness (QED) is 0.922. The monoisotopic (exact) mass is 293 g/mol. The molecule has 0 saturated heterocycles.